The molecule has 3 aromatic rings. The minimum Gasteiger partial charge on any atom is -0.497 e. The third-order valence-electron chi connectivity index (χ3n) is 5.67. The first-order valence-corrected chi connectivity index (χ1v) is 10.7. The van der Waals surface area contributed by atoms with Crippen LogP contribution in [0.15, 0.2) is 83.3 Å². The molecule has 31 heavy (non-hydrogen) atoms. The Labute approximate surface area is 188 Å². The van der Waals surface area contributed by atoms with E-state index >= 15 is 0 Å². The van der Waals surface area contributed by atoms with E-state index in [9.17, 15) is 9.59 Å². The lowest BCUT2D eigenvalue weighted by molar-refractivity contribution is -0.126. The molecule has 2 saturated heterocycles. The Kier molecular flexibility index (Phi) is 5.00. The van der Waals surface area contributed by atoms with E-state index in [4.69, 9.17) is 9.57 Å². The Bertz CT molecular complexity index is 1120. The SMILES string of the molecule is COc1ccc([C@H]2[C@H]3C(=O)N(c4ccc(Br)cc4)C(=O)[C@H]3ON2c2ccccc2)cc1. The summed E-state index contributed by atoms with van der Waals surface area (Å²) in [5, 5.41) is 1.69. The summed E-state index contributed by atoms with van der Waals surface area (Å²) in [7, 11) is 1.61. The zero-order valence-electron chi connectivity index (χ0n) is 16.6. The monoisotopic (exact) mass is 478 g/mol. The number of rotatable bonds is 4. The zero-order chi connectivity index (χ0) is 21.5. The average Bonchev–Trinajstić information content (AvgIpc) is 3.31. The molecule has 0 bridgehead atoms. The molecular formula is C24H19BrN2O4. The highest BCUT2D eigenvalue weighted by atomic mass is 79.9. The third kappa shape index (κ3) is 3.30. The van der Waals surface area contributed by atoms with E-state index in [0.29, 0.717) is 5.69 Å². The lowest BCUT2D eigenvalue weighted by Gasteiger charge is -2.28. The standard InChI is InChI=1S/C24H19BrN2O4/c1-30-19-13-7-15(8-14-19)21-20-22(31-27(21)18-5-3-2-4-6-18)24(29)26(23(20)28)17-11-9-16(25)10-12-17/h2-14,20-22H,1H3/t20-,21+,22+/m1/s1. The van der Waals surface area contributed by atoms with Crippen LogP contribution in [0.1, 0.15) is 11.6 Å². The van der Waals surface area contributed by atoms with Crippen LogP contribution in [0, 0.1) is 5.92 Å². The van der Waals surface area contributed by atoms with Gasteiger partial charge in [-0.2, -0.15) is 0 Å². The number of methoxy groups -OCH3 is 1. The van der Waals surface area contributed by atoms with E-state index < -0.39 is 18.1 Å². The molecule has 156 valence electrons. The van der Waals surface area contributed by atoms with Gasteiger partial charge in [0.25, 0.3) is 5.91 Å². The van der Waals surface area contributed by atoms with Crippen molar-refractivity contribution in [1.82, 2.24) is 0 Å². The van der Waals surface area contributed by atoms with Crippen molar-refractivity contribution >= 4 is 39.1 Å². The number of imide groups is 1. The van der Waals surface area contributed by atoms with Gasteiger partial charge in [0.2, 0.25) is 5.91 Å². The van der Waals surface area contributed by atoms with Gasteiger partial charge in [0.05, 0.1) is 24.5 Å². The van der Waals surface area contributed by atoms with Crippen LogP contribution in [0.4, 0.5) is 11.4 Å². The number of para-hydroxylation sites is 1. The topological polar surface area (TPSA) is 59.1 Å². The fourth-order valence-corrected chi connectivity index (χ4v) is 4.46. The molecule has 5 rings (SSSR count). The van der Waals surface area contributed by atoms with Crippen molar-refractivity contribution < 1.29 is 19.2 Å². The highest BCUT2D eigenvalue weighted by Crippen LogP contribution is 2.47. The number of anilines is 2. The van der Waals surface area contributed by atoms with E-state index in [0.717, 1.165) is 21.5 Å². The number of carbonyl (C=O) groups excluding carboxylic acids is 2. The maximum absolute atomic E-state index is 13.5. The van der Waals surface area contributed by atoms with Crippen LogP contribution < -0.4 is 14.7 Å². The van der Waals surface area contributed by atoms with E-state index in [1.54, 1.807) is 24.3 Å². The Morgan fingerprint density at radius 3 is 2.16 bits per heavy atom. The minimum absolute atomic E-state index is 0.267. The predicted octanol–water partition coefficient (Wildman–Crippen LogP) is 4.51. The molecule has 0 aromatic heterocycles. The van der Waals surface area contributed by atoms with Crippen molar-refractivity contribution in [2.24, 2.45) is 5.92 Å². The molecule has 3 aromatic carbocycles. The molecule has 2 aliphatic heterocycles. The summed E-state index contributed by atoms with van der Waals surface area (Å²) in [6.07, 6.45) is -0.886. The number of hydrogen-bond acceptors (Lipinski definition) is 5. The number of benzene rings is 3. The summed E-state index contributed by atoms with van der Waals surface area (Å²) in [5.74, 6) is -0.564. The Morgan fingerprint density at radius 1 is 0.839 bits per heavy atom. The number of nitrogens with zero attached hydrogens (tertiary/aromatic N) is 2. The van der Waals surface area contributed by atoms with Crippen LogP contribution in [0.5, 0.6) is 5.75 Å². The summed E-state index contributed by atoms with van der Waals surface area (Å²) >= 11 is 3.39. The maximum atomic E-state index is 13.5. The van der Waals surface area contributed by atoms with Crippen molar-refractivity contribution in [1.29, 1.82) is 0 Å². The fraction of sp³-hybridized carbons (Fsp3) is 0.167. The first kappa shape index (κ1) is 19.8. The third-order valence-corrected chi connectivity index (χ3v) is 6.20. The average molecular weight is 479 g/mol. The van der Waals surface area contributed by atoms with Gasteiger partial charge >= 0.3 is 0 Å². The predicted molar refractivity (Wildman–Crippen MR) is 120 cm³/mol. The van der Waals surface area contributed by atoms with Crippen molar-refractivity contribution in [3.63, 3.8) is 0 Å². The highest BCUT2D eigenvalue weighted by Gasteiger charge is 2.60. The number of ether oxygens (including phenoxy) is 1. The second-order valence-electron chi connectivity index (χ2n) is 7.42. The molecule has 0 unspecified atom stereocenters. The van der Waals surface area contributed by atoms with Crippen LogP contribution in [0.3, 0.4) is 0 Å². The van der Waals surface area contributed by atoms with Crippen LogP contribution in [0.2, 0.25) is 0 Å². The molecule has 0 spiro atoms. The number of hydroxylamine groups is 1. The molecular weight excluding hydrogens is 460 g/mol. The van der Waals surface area contributed by atoms with Gasteiger partial charge in [-0.15, -0.1) is 0 Å². The van der Waals surface area contributed by atoms with E-state index in [-0.39, 0.29) is 11.8 Å². The first-order chi connectivity index (χ1) is 15.1. The molecule has 0 radical (unpaired) electrons. The number of amides is 2. The van der Waals surface area contributed by atoms with Crippen LogP contribution >= 0.6 is 15.9 Å². The number of fused-ring (bicyclic) bond motifs is 1. The molecule has 6 nitrogen and oxygen atoms in total. The molecule has 7 heteroatoms. The van der Waals surface area contributed by atoms with Crippen LogP contribution in [-0.4, -0.2) is 25.0 Å². The first-order valence-electron chi connectivity index (χ1n) is 9.87. The maximum Gasteiger partial charge on any atom is 0.266 e. The zero-order valence-corrected chi connectivity index (χ0v) is 18.2. The molecule has 2 amide bonds. The summed E-state index contributed by atoms with van der Waals surface area (Å²) in [4.78, 5) is 34.2. The van der Waals surface area contributed by atoms with Crippen molar-refractivity contribution in [3.8, 4) is 5.75 Å². The van der Waals surface area contributed by atoms with E-state index in [1.807, 2.05) is 66.7 Å². The smallest absolute Gasteiger partial charge is 0.266 e. The second kappa shape index (κ2) is 7.83. The Balaban J connectivity index is 1.57. The van der Waals surface area contributed by atoms with Crippen molar-refractivity contribution in [3.05, 3.63) is 88.9 Å². The van der Waals surface area contributed by atoms with Crippen LogP contribution in [-0.2, 0) is 14.4 Å². The lowest BCUT2D eigenvalue weighted by atomic mass is 9.90. The largest absolute Gasteiger partial charge is 0.497 e. The fourth-order valence-electron chi connectivity index (χ4n) is 4.20. The van der Waals surface area contributed by atoms with Gasteiger partial charge in [-0.05, 0) is 54.1 Å². The molecule has 0 N–H and O–H groups in total. The number of halogens is 1. The Morgan fingerprint density at radius 2 is 1.52 bits per heavy atom. The van der Waals surface area contributed by atoms with Gasteiger partial charge in [-0.1, -0.05) is 46.3 Å². The van der Waals surface area contributed by atoms with Gasteiger partial charge in [-0.3, -0.25) is 14.4 Å². The summed E-state index contributed by atoms with van der Waals surface area (Å²) in [5.41, 5.74) is 2.19. The summed E-state index contributed by atoms with van der Waals surface area (Å²) in [6, 6.07) is 23.7. The quantitative estimate of drug-likeness (QED) is 0.516. The summed E-state index contributed by atoms with van der Waals surface area (Å²) < 4.78 is 6.15. The van der Waals surface area contributed by atoms with Crippen molar-refractivity contribution in [2.45, 2.75) is 12.1 Å². The van der Waals surface area contributed by atoms with Gasteiger partial charge < -0.3 is 4.74 Å². The highest BCUT2D eigenvalue weighted by molar-refractivity contribution is 9.10. The minimum atomic E-state index is -0.886. The molecule has 2 heterocycles. The summed E-state index contributed by atoms with van der Waals surface area (Å²) in [6.45, 7) is 0. The molecule has 2 aliphatic rings. The molecule has 3 atom stereocenters. The lowest BCUT2D eigenvalue weighted by Crippen LogP contribution is -2.37. The number of carbonyl (C=O) groups is 2. The molecule has 0 saturated carbocycles. The van der Waals surface area contributed by atoms with Gasteiger partial charge in [0.15, 0.2) is 6.10 Å². The van der Waals surface area contributed by atoms with Gasteiger partial charge in [-0.25, -0.2) is 9.96 Å². The number of hydrogen-bond donors (Lipinski definition) is 0. The molecule has 2 fully saturated rings. The van der Waals surface area contributed by atoms with E-state index in [1.165, 1.54) is 4.90 Å². The van der Waals surface area contributed by atoms with Crippen LogP contribution in [0.25, 0.3) is 0 Å². The van der Waals surface area contributed by atoms with E-state index in [2.05, 4.69) is 15.9 Å². The normalized spacial score (nSPS) is 22.7. The van der Waals surface area contributed by atoms with Gasteiger partial charge in [0, 0.05) is 4.47 Å². The van der Waals surface area contributed by atoms with Crippen molar-refractivity contribution in [2.75, 3.05) is 17.1 Å². The Hall–Kier alpha value is -3.16. The van der Waals surface area contributed by atoms with Gasteiger partial charge in [0.1, 0.15) is 11.7 Å². The molecule has 0 aliphatic carbocycles. The second-order valence-corrected chi connectivity index (χ2v) is 8.34.